The molecule has 0 atom stereocenters. The maximum absolute atomic E-state index is 11.9. The zero-order chi connectivity index (χ0) is 15.1. The van der Waals surface area contributed by atoms with Crippen molar-refractivity contribution in [3.63, 3.8) is 0 Å². The lowest BCUT2D eigenvalue weighted by Crippen LogP contribution is -2.47. The molecule has 1 aliphatic heterocycles. The van der Waals surface area contributed by atoms with Gasteiger partial charge in [-0.05, 0) is 18.2 Å². The van der Waals surface area contributed by atoms with Crippen LogP contribution in [0.15, 0.2) is 28.7 Å². The van der Waals surface area contributed by atoms with Gasteiger partial charge in [-0.3, -0.25) is 9.59 Å². The Labute approximate surface area is 137 Å². The average molecular weight is 372 g/mol. The smallest absolute Gasteiger partial charge is 0.234 e. The fourth-order valence-corrected chi connectivity index (χ4v) is 3.12. The highest BCUT2D eigenvalue weighted by molar-refractivity contribution is 9.10. The fraction of sp³-hybridized carbons (Fsp3) is 0.429. The molecule has 0 aromatic heterocycles. The van der Waals surface area contributed by atoms with Gasteiger partial charge in [0.15, 0.2) is 0 Å². The van der Waals surface area contributed by atoms with Crippen molar-refractivity contribution in [2.24, 2.45) is 0 Å². The summed E-state index contributed by atoms with van der Waals surface area (Å²) in [7, 11) is 0. The number of nitrogens with one attached hydrogen (secondary N) is 2. The Kier molecular flexibility index (Phi) is 6.53. The van der Waals surface area contributed by atoms with E-state index < -0.39 is 0 Å². The molecule has 114 valence electrons. The van der Waals surface area contributed by atoms with Crippen molar-refractivity contribution in [3.05, 3.63) is 28.7 Å². The van der Waals surface area contributed by atoms with Crippen LogP contribution in [0.2, 0.25) is 0 Å². The Balaban J connectivity index is 1.68. The number of anilines is 1. The van der Waals surface area contributed by atoms with Crippen LogP contribution in [0.4, 0.5) is 5.69 Å². The van der Waals surface area contributed by atoms with Crippen LogP contribution < -0.4 is 10.6 Å². The fourth-order valence-electron chi connectivity index (χ4n) is 2.00. The first-order valence-electron chi connectivity index (χ1n) is 6.77. The second-order valence-electron chi connectivity index (χ2n) is 4.68. The summed E-state index contributed by atoms with van der Waals surface area (Å²) in [6, 6.07) is 7.44. The molecule has 21 heavy (non-hydrogen) atoms. The Bertz CT molecular complexity index is 507. The SMILES string of the molecule is O=C(CSCC(=O)N1CCNCC1)Nc1cccc(Br)c1. The topological polar surface area (TPSA) is 61.4 Å². The standard InChI is InChI=1S/C14H18BrN3O2S/c15-11-2-1-3-12(8-11)17-13(19)9-21-10-14(20)18-6-4-16-5-7-18/h1-3,8,16H,4-7,9-10H2,(H,17,19). The van der Waals surface area contributed by atoms with Crippen molar-refractivity contribution in [2.45, 2.75) is 0 Å². The lowest BCUT2D eigenvalue weighted by Gasteiger charge is -2.27. The molecule has 2 rings (SSSR count). The van der Waals surface area contributed by atoms with Crippen LogP contribution in [-0.4, -0.2) is 54.4 Å². The van der Waals surface area contributed by atoms with Crippen LogP contribution in [0.5, 0.6) is 0 Å². The Morgan fingerprint density at radius 1 is 1.29 bits per heavy atom. The molecule has 1 saturated heterocycles. The summed E-state index contributed by atoms with van der Waals surface area (Å²) in [5.41, 5.74) is 0.753. The number of benzene rings is 1. The highest BCUT2D eigenvalue weighted by Gasteiger charge is 2.16. The first kappa shape index (κ1) is 16.3. The van der Waals surface area contributed by atoms with E-state index in [-0.39, 0.29) is 17.6 Å². The van der Waals surface area contributed by atoms with Crippen molar-refractivity contribution >= 4 is 45.2 Å². The van der Waals surface area contributed by atoms with E-state index >= 15 is 0 Å². The molecule has 0 aliphatic carbocycles. The van der Waals surface area contributed by atoms with E-state index in [1.54, 1.807) is 0 Å². The lowest BCUT2D eigenvalue weighted by molar-refractivity contribution is -0.128. The van der Waals surface area contributed by atoms with Crippen molar-refractivity contribution in [3.8, 4) is 0 Å². The molecule has 1 aromatic carbocycles. The molecule has 7 heteroatoms. The summed E-state index contributed by atoms with van der Waals surface area (Å²) in [6.07, 6.45) is 0. The number of thioether (sulfide) groups is 1. The minimum absolute atomic E-state index is 0.0915. The molecule has 1 fully saturated rings. The van der Waals surface area contributed by atoms with Gasteiger partial charge in [-0.25, -0.2) is 0 Å². The van der Waals surface area contributed by atoms with Gasteiger partial charge < -0.3 is 15.5 Å². The van der Waals surface area contributed by atoms with Crippen LogP contribution in [-0.2, 0) is 9.59 Å². The van der Waals surface area contributed by atoms with Crippen LogP contribution >= 0.6 is 27.7 Å². The van der Waals surface area contributed by atoms with Crippen LogP contribution in [0.1, 0.15) is 0 Å². The number of hydrogen-bond donors (Lipinski definition) is 2. The van der Waals surface area contributed by atoms with E-state index in [0.717, 1.165) is 36.3 Å². The molecular weight excluding hydrogens is 354 g/mol. The van der Waals surface area contributed by atoms with Crippen LogP contribution in [0.3, 0.4) is 0 Å². The largest absolute Gasteiger partial charge is 0.339 e. The molecule has 0 spiro atoms. The number of piperazine rings is 1. The molecule has 0 bridgehead atoms. The zero-order valence-corrected chi connectivity index (χ0v) is 14.0. The van der Waals surface area contributed by atoms with E-state index in [1.807, 2.05) is 29.2 Å². The summed E-state index contributed by atoms with van der Waals surface area (Å²) < 4.78 is 0.918. The van der Waals surface area contributed by atoms with Crippen molar-refractivity contribution < 1.29 is 9.59 Å². The maximum Gasteiger partial charge on any atom is 0.234 e. The van der Waals surface area contributed by atoms with Gasteiger partial charge in [-0.15, -0.1) is 11.8 Å². The summed E-state index contributed by atoms with van der Waals surface area (Å²) in [5.74, 6) is 0.652. The number of rotatable bonds is 5. The summed E-state index contributed by atoms with van der Waals surface area (Å²) in [4.78, 5) is 25.6. The number of amides is 2. The minimum Gasteiger partial charge on any atom is -0.339 e. The number of halogens is 1. The quantitative estimate of drug-likeness (QED) is 0.824. The van der Waals surface area contributed by atoms with E-state index in [4.69, 9.17) is 0 Å². The zero-order valence-electron chi connectivity index (χ0n) is 11.6. The Morgan fingerprint density at radius 3 is 2.76 bits per heavy atom. The molecule has 1 heterocycles. The van der Waals surface area contributed by atoms with Gasteiger partial charge in [0.05, 0.1) is 11.5 Å². The maximum atomic E-state index is 11.9. The lowest BCUT2D eigenvalue weighted by atomic mass is 10.3. The van der Waals surface area contributed by atoms with Gasteiger partial charge in [-0.1, -0.05) is 22.0 Å². The molecule has 2 N–H and O–H groups in total. The third kappa shape index (κ3) is 5.68. The van der Waals surface area contributed by atoms with Crippen LogP contribution in [0, 0.1) is 0 Å². The van der Waals surface area contributed by atoms with Gasteiger partial charge in [-0.2, -0.15) is 0 Å². The van der Waals surface area contributed by atoms with Crippen molar-refractivity contribution in [1.29, 1.82) is 0 Å². The molecular formula is C14H18BrN3O2S. The number of hydrogen-bond acceptors (Lipinski definition) is 4. The second-order valence-corrected chi connectivity index (χ2v) is 6.58. The van der Waals surface area contributed by atoms with Gasteiger partial charge >= 0.3 is 0 Å². The first-order valence-corrected chi connectivity index (χ1v) is 8.71. The van der Waals surface area contributed by atoms with Crippen LogP contribution in [0.25, 0.3) is 0 Å². The van der Waals surface area contributed by atoms with Crippen molar-refractivity contribution in [1.82, 2.24) is 10.2 Å². The van der Waals surface area contributed by atoms with Gasteiger partial charge in [0.2, 0.25) is 11.8 Å². The molecule has 0 saturated carbocycles. The van der Waals surface area contributed by atoms with Crippen molar-refractivity contribution in [2.75, 3.05) is 43.0 Å². The third-order valence-electron chi connectivity index (χ3n) is 3.04. The molecule has 2 amide bonds. The Morgan fingerprint density at radius 2 is 2.05 bits per heavy atom. The summed E-state index contributed by atoms with van der Waals surface area (Å²) in [5, 5.41) is 6.02. The van der Waals surface area contributed by atoms with E-state index in [2.05, 4.69) is 26.6 Å². The van der Waals surface area contributed by atoms with Gasteiger partial charge in [0.1, 0.15) is 0 Å². The second kappa shape index (κ2) is 8.41. The Hall–Kier alpha value is -1.05. The van der Waals surface area contributed by atoms with Gasteiger partial charge in [0, 0.05) is 36.3 Å². The predicted molar refractivity (Wildman–Crippen MR) is 89.5 cm³/mol. The third-order valence-corrected chi connectivity index (χ3v) is 4.45. The first-order chi connectivity index (χ1) is 10.1. The highest BCUT2D eigenvalue weighted by atomic mass is 79.9. The molecule has 1 aromatic rings. The molecule has 0 radical (unpaired) electrons. The number of carbonyl (C=O) groups is 2. The average Bonchev–Trinajstić information content (AvgIpc) is 2.48. The predicted octanol–water partition coefficient (Wildman–Crippen LogP) is 1.55. The summed E-state index contributed by atoms with van der Waals surface area (Å²) in [6.45, 7) is 3.20. The minimum atomic E-state index is -0.0915. The summed E-state index contributed by atoms with van der Waals surface area (Å²) >= 11 is 4.71. The monoisotopic (exact) mass is 371 g/mol. The number of nitrogens with zero attached hydrogens (tertiary/aromatic N) is 1. The van der Waals surface area contributed by atoms with E-state index in [9.17, 15) is 9.59 Å². The van der Waals surface area contributed by atoms with E-state index in [0.29, 0.717) is 5.75 Å². The highest BCUT2D eigenvalue weighted by Crippen LogP contribution is 2.16. The van der Waals surface area contributed by atoms with E-state index in [1.165, 1.54) is 11.8 Å². The van der Waals surface area contributed by atoms with Gasteiger partial charge in [0.25, 0.3) is 0 Å². The molecule has 0 unspecified atom stereocenters. The molecule has 1 aliphatic rings. The normalized spacial score (nSPS) is 14.8. The molecule has 5 nitrogen and oxygen atoms in total. The number of carbonyl (C=O) groups excluding carboxylic acids is 2.